The average Bonchev–Trinajstić information content (AvgIpc) is 3.50. The quantitative estimate of drug-likeness (QED) is 0.809. The minimum Gasteiger partial charge on any atom is -0.503 e. The normalized spacial score (nSPS) is 28.0. The van der Waals surface area contributed by atoms with E-state index in [1.54, 1.807) is 17.0 Å². The summed E-state index contributed by atoms with van der Waals surface area (Å²) in [6.07, 6.45) is 5.27. The molecule has 1 aromatic rings. The molecule has 0 radical (unpaired) electrons. The van der Waals surface area contributed by atoms with E-state index in [9.17, 15) is 19.5 Å². The number of ketones is 1. The van der Waals surface area contributed by atoms with Crippen molar-refractivity contribution in [3.8, 4) is 0 Å². The average molecular weight is 383 g/mol. The molecule has 6 heteroatoms. The number of benzene rings is 1. The lowest BCUT2D eigenvalue weighted by atomic mass is 9.85. The Labute approximate surface area is 163 Å². The van der Waals surface area contributed by atoms with E-state index in [0.29, 0.717) is 11.5 Å². The lowest BCUT2D eigenvalue weighted by Gasteiger charge is -2.38. The number of carbonyl (C=O) groups excluding carboxylic acids is 2. The van der Waals surface area contributed by atoms with Crippen molar-refractivity contribution < 1.29 is 24.6 Å². The van der Waals surface area contributed by atoms with Crippen LogP contribution in [-0.2, 0) is 9.59 Å². The summed E-state index contributed by atoms with van der Waals surface area (Å²) in [7, 11) is 0. The lowest BCUT2D eigenvalue weighted by Crippen LogP contribution is -2.42. The Morgan fingerprint density at radius 1 is 1.00 bits per heavy atom. The van der Waals surface area contributed by atoms with Gasteiger partial charge in [-0.1, -0.05) is 19.1 Å². The number of nitrogens with zero attached hydrogens (tertiary/aromatic N) is 1. The second-order valence-electron chi connectivity index (χ2n) is 8.36. The molecule has 6 nitrogen and oxygen atoms in total. The summed E-state index contributed by atoms with van der Waals surface area (Å²) in [5.41, 5.74) is 1.01. The van der Waals surface area contributed by atoms with Gasteiger partial charge in [-0.05, 0) is 62.1 Å². The van der Waals surface area contributed by atoms with Crippen molar-refractivity contribution >= 4 is 17.7 Å². The molecule has 1 aliphatic heterocycles. The van der Waals surface area contributed by atoms with Crippen LogP contribution in [0.25, 0.3) is 0 Å². The van der Waals surface area contributed by atoms with Crippen LogP contribution >= 0.6 is 0 Å². The van der Waals surface area contributed by atoms with Crippen LogP contribution in [0.5, 0.6) is 0 Å². The monoisotopic (exact) mass is 383 g/mol. The predicted molar refractivity (Wildman–Crippen MR) is 102 cm³/mol. The number of aliphatic hydroxyl groups is 1. The maximum absolute atomic E-state index is 13.0. The highest BCUT2D eigenvalue weighted by Crippen LogP contribution is 2.46. The number of aromatic carboxylic acids is 1. The Morgan fingerprint density at radius 3 is 2.14 bits per heavy atom. The standard InChI is InChI=1S/C22H25NO5/c1-12-2-10-16(11-3-12)23-18(13-4-8-15(9-5-13)22(27)28)17(20(25)21(23)26)19(24)14-6-7-14/h4-5,8-9,12,14,16,18,25H,2-3,6-7,10-11H2,1H3,(H,27,28)/t12?,16?,18-/m0/s1. The molecule has 1 amide bonds. The van der Waals surface area contributed by atoms with E-state index >= 15 is 0 Å². The van der Waals surface area contributed by atoms with E-state index in [1.165, 1.54) is 12.1 Å². The Morgan fingerprint density at radius 2 is 1.61 bits per heavy atom. The molecule has 0 saturated heterocycles. The van der Waals surface area contributed by atoms with Gasteiger partial charge in [0.1, 0.15) is 0 Å². The molecule has 0 unspecified atom stereocenters. The van der Waals surface area contributed by atoms with Gasteiger partial charge in [0.25, 0.3) is 5.91 Å². The van der Waals surface area contributed by atoms with Crippen molar-refractivity contribution in [1.29, 1.82) is 0 Å². The minimum atomic E-state index is -1.03. The maximum atomic E-state index is 13.0. The van der Waals surface area contributed by atoms with Crippen molar-refractivity contribution in [3.05, 3.63) is 46.7 Å². The Balaban J connectivity index is 1.73. The molecule has 1 atom stereocenters. The van der Waals surface area contributed by atoms with Crippen molar-refractivity contribution in [1.82, 2.24) is 4.90 Å². The van der Waals surface area contributed by atoms with E-state index < -0.39 is 23.7 Å². The number of carbonyl (C=O) groups is 3. The molecule has 1 aromatic carbocycles. The van der Waals surface area contributed by atoms with Gasteiger partial charge in [-0.2, -0.15) is 0 Å². The van der Waals surface area contributed by atoms with Gasteiger partial charge in [0.05, 0.1) is 17.2 Å². The fraction of sp³-hybridized carbons (Fsp3) is 0.500. The van der Waals surface area contributed by atoms with Crippen LogP contribution in [0, 0.1) is 11.8 Å². The number of aliphatic hydroxyl groups excluding tert-OH is 1. The largest absolute Gasteiger partial charge is 0.503 e. The molecule has 0 aromatic heterocycles. The summed E-state index contributed by atoms with van der Waals surface area (Å²) in [5, 5.41) is 19.8. The van der Waals surface area contributed by atoms with Gasteiger partial charge in [-0.3, -0.25) is 9.59 Å². The first-order valence-electron chi connectivity index (χ1n) is 10.0. The van der Waals surface area contributed by atoms with Crippen LogP contribution in [0.1, 0.15) is 67.4 Å². The zero-order chi connectivity index (χ0) is 20.0. The highest BCUT2D eigenvalue weighted by atomic mass is 16.4. The first kappa shape index (κ1) is 18.7. The molecule has 2 fully saturated rings. The third-order valence-electron chi connectivity index (χ3n) is 6.31. The number of hydrogen-bond donors (Lipinski definition) is 2. The van der Waals surface area contributed by atoms with Gasteiger partial charge in [-0.15, -0.1) is 0 Å². The zero-order valence-electron chi connectivity index (χ0n) is 15.9. The summed E-state index contributed by atoms with van der Waals surface area (Å²) >= 11 is 0. The third kappa shape index (κ3) is 3.21. The summed E-state index contributed by atoms with van der Waals surface area (Å²) in [5.74, 6) is -1.59. The van der Waals surface area contributed by atoms with Crippen LogP contribution in [-0.4, -0.2) is 38.8 Å². The first-order valence-corrected chi connectivity index (χ1v) is 10.0. The van der Waals surface area contributed by atoms with E-state index in [2.05, 4.69) is 6.92 Å². The SMILES string of the molecule is CC1CCC(N2C(=O)C(O)=C(C(=O)C3CC3)[C@@H]2c2ccc(C(=O)O)cc2)CC1. The topological polar surface area (TPSA) is 94.9 Å². The molecule has 1 heterocycles. The maximum Gasteiger partial charge on any atom is 0.335 e. The second kappa shape index (κ2) is 7.08. The number of carboxylic acid groups (broad SMARTS) is 1. The smallest absolute Gasteiger partial charge is 0.335 e. The minimum absolute atomic E-state index is 0.0282. The van der Waals surface area contributed by atoms with E-state index in [0.717, 1.165) is 38.5 Å². The van der Waals surface area contributed by atoms with Crippen LogP contribution in [0.2, 0.25) is 0 Å². The fourth-order valence-electron chi connectivity index (χ4n) is 4.47. The third-order valence-corrected chi connectivity index (χ3v) is 6.31. The molecule has 0 bridgehead atoms. The summed E-state index contributed by atoms with van der Waals surface area (Å²) in [6, 6.07) is 5.61. The van der Waals surface area contributed by atoms with Crippen molar-refractivity contribution in [2.45, 2.75) is 57.5 Å². The zero-order valence-corrected chi connectivity index (χ0v) is 15.9. The number of Topliss-reactive ketones (excluding diaryl/α,β-unsaturated/α-hetero) is 1. The van der Waals surface area contributed by atoms with Crippen molar-refractivity contribution in [2.24, 2.45) is 11.8 Å². The molecule has 3 aliphatic rings. The van der Waals surface area contributed by atoms with Gasteiger partial charge >= 0.3 is 5.97 Å². The molecule has 2 aliphatic carbocycles. The molecular weight excluding hydrogens is 358 g/mol. The molecule has 148 valence electrons. The molecule has 2 N–H and O–H groups in total. The van der Waals surface area contributed by atoms with Crippen LogP contribution < -0.4 is 0 Å². The molecule has 2 saturated carbocycles. The Bertz CT molecular complexity index is 844. The second-order valence-corrected chi connectivity index (χ2v) is 8.36. The number of amides is 1. The summed E-state index contributed by atoms with van der Waals surface area (Å²) in [6.45, 7) is 2.20. The molecule has 4 rings (SSSR count). The van der Waals surface area contributed by atoms with E-state index in [4.69, 9.17) is 5.11 Å². The number of hydrogen-bond acceptors (Lipinski definition) is 4. The molecule has 0 spiro atoms. The summed E-state index contributed by atoms with van der Waals surface area (Å²) in [4.78, 5) is 38.7. The fourth-order valence-corrected chi connectivity index (χ4v) is 4.47. The highest BCUT2D eigenvalue weighted by Gasteiger charge is 2.49. The van der Waals surface area contributed by atoms with Gasteiger partial charge < -0.3 is 15.1 Å². The first-order chi connectivity index (χ1) is 13.4. The predicted octanol–water partition coefficient (Wildman–Crippen LogP) is 3.64. The lowest BCUT2D eigenvalue weighted by molar-refractivity contribution is -0.132. The van der Waals surface area contributed by atoms with Crippen molar-refractivity contribution in [2.75, 3.05) is 0 Å². The van der Waals surface area contributed by atoms with Crippen LogP contribution in [0.3, 0.4) is 0 Å². The van der Waals surface area contributed by atoms with Crippen molar-refractivity contribution in [3.63, 3.8) is 0 Å². The summed E-state index contributed by atoms with van der Waals surface area (Å²) < 4.78 is 0. The van der Waals surface area contributed by atoms with E-state index in [1.807, 2.05) is 0 Å². The van der Waals surface area contributed by atoms with E-state index in [-0.39, 0.29) is 28.9 Å². The van der Waals surface area contributed by atoms with Crippen LogP contribution in [0.15, 0.2) is 35.6 Å². The van der Waals surface area contributed by atoms with Gasteiger partial charge in [0, 0.05) is 12.0 Å². The number of carboxylic acids is 1. The Hall–Kier alpha value is -2.63. The highest BCUT2D eigenvalue weighted by molar-refractivity contribution is 6.10. The van der Waals surface area contributed by atoms with Gasteiger partial charge in [0.2, 0.25) is 0 Å². The van der Waals surface area contributed by atoms with Gasteiger partial charge in [-0.25, -0.2) is 4.79 Å². The molecule has 28 heavy (non-hydrogen) atoms. The number of rotatable bonds is 5. The van der Waals surface area contributed by atoms with Gasteiger partial charge in [0.15, 0.2) is 11.5 Å². The molecular formula is C22H25NO5. The van der Waals surface area contributed by atoms with Crippen LogP contribution in [0.4, 0.5) is 0 Å². The Kier molecular flexibility index (Phi) is 4.73.